The predicted molar refractivity (Wildman–Crippen MR) is 122 cm³/mol. The van der Waals surface area contributed by atoms with Gasteiger partial charge in [0, 0.05) is 18.5 Å². The predicted octanol–water partition coefficient (Wildman–Crippen LogP) is 5.39. The van der Waals surface area contributed by atoms with Gasteiger partial charge in [-0.2, -0.15) is 0 Å². The fourth-order valence-corrected chi connectivity index (χ4v) is 3.30. The summed E-state index contributed by atoms with van der Waals surface area (Å²) < 4.78 is 5.87. The van der Waals surface area contributed by atoms with Gasteiger partial charge in [0.2, 0.25) is 5.91 Å². The van der Waals surface area contributed by atoms with Crippen LogP contribution in [0.2, 0.25) is 0 Å². The maximum absolute atomic E-state index is 12.6. The molecule has 5 nitrogen and oxygen atoms in total. The molecule has 0 aliphatic heterocycles. The van der Waals surface area contributed by atoms with Crippen molar-refractivity contribution in [1.82, 2.24) is 5.32 Å². The summed E-state index contributed by atoms with van der Waals surface area (Å²) in [7, 11) is 0. The highest BCUT2D eigenvalue weighted by molar-refractivity contribution is 6.07. The maximum atomic E-state index is 12.6. The average Bonchev–Trinajstić information content (AvgIpc) is 2.80. The number of hydrogen-bond acceptors (Lipinski definition) is 3. The Morgan fingerprint density at radius 1 is 0.742 bits per heavy atom. The fraction of sp³-hybridized carbons (Fsp3) is 0.0769. The van der Waals surface area contributed by atoms with Crippen LogP contribution in [0.15, 0.2) is 97.1 Å². The number of rotatable bonds is 7. The Bertz CT molecular complexity index is 1200. The monoisotopic (exact) mass is 410 g/mol. The normalized spacial score (nSPS) is 10.5. The summed E-state index contributed by atoms with van der Waals surface area (Å²) >= 11 is 0. The van der Waals surface area contributed by atoms with Gasteiger partial charge in [0.1, 0.15) is 5.75 Å². The number of carbonyl (C=O) groups excluding carboxylic acids is 2. The number of amides is 2. The number of fused-ring (bicyclic) bond motifs is 1. The first-order chi connectivity index (χ1) is 15.2. The second kappa shape index (κ2) is 9.59. The third-order valence-electron chi connectivity index (χ3n) is 4.80. The van der Waals surface area contributed by atoms with Gasteiger partial charge in [-0.05, 0) is 41.1 Å². The van der Waals surface area contributed by atoms with Crippen LogP contribution in [0.5, 0.6) is 11.5 Å². The molecule has 154 valence electrons. The van der Waals surface area contributed by atoms with Gasteiger partial charge in [-0.3, -0.25) is 9.59 Å². The molecule has 2 amide bonds. The van der Waals surface area contributed by atoms with E-state index in [1.54, 1.807) is 18.2 Å². The standard InChI is InChI=1S/C26H22N2O3/c29-25(28-23-15-6-7-16-24(23)31-20-11-2-1-3-12-20)17-18-27-26(30)22-14-8-10-19-9-4-5-13-21(19)22/h1-16H,17-18H2,(H,27,30)(H,28,29). The van der Waals surface area contributed by atoms with Crippen LogP contribution >= 0.6 is 0 Å². The summed E-state index contributed by atoms with van der Waals surface area (Å²) in [6.07, 6.45) is 0.149. The van der Waals surface area contributed by atoms with Crippen molar-refractivity contribution in [1.29, 1.82) is 0 Å². The molecule has 4 aromatic rings. The number of carbonyl (C=O) groups is 2. The number of ether oxygens (including phenoxy) is 1. The molecule has 0 bridgehead atoms. The van der Waals surface area contributed by atoms with Crippen LogP contribution in [-0.2, 0) is 4.79 Å². The molecule has 0 fully saturated rings. The molecule has 0 aliphatic rings. The Hall–Kier alpha value is -4.12. The lowest BCUT2D eigenvalue weighted by Gasteiger charge is -2.12. The van der Waals surface area contributed by atoms with Crippen molar-refractivity contribution in [3.63, 3.8) is 0 Å². The smallest absolute Gasteiger partial charge is 0.251 e. The summed E-state index contributed by atoms with van der Waals surface area (Å²) in [5.74, 6) is 0.841. The molecule has 0 unspecified atom stereocenters. The van der Waals surface area contributed by atoms with Crippen molar-refractivity contribution in [2.24, 2.45) is 0 Å². The topological polar surface area (TPSA) is 67.4 Å². The molecule has 4 rings (SSSR count). The molecule has 2 N–H and O–H groups in total. The molecule has 0 aromatic heterocycles. The molecule has 0 heterocycles. The number of nitrogens with one attached hydrogen (secondary N) is 2. The molecule has 0 atom stereocenters. The molecule has 0 aliphatic carbocycles. The van der Waals surface area contributed by atoms with Crippen LogP contribution in [0.3, 0.4) is 0 Å². The van der Waals surface area contributed by atoms with E-state index >= 15 is 0 Å². The molecule has 0 radical (unpaired) electrons. The molecule has 4 aromatic carbocycles. The van der Waals surface area contributed by atoms with E-state index in [1.165, 1.54) is 0 Å². The number of hydrogen-bond donors (Lipinski definition) is 2. The van der Waals surface area contributed by atoms with Crippen LogP contribution in [0, 0.1) is 0 Å². The lowest BCUT2D eigenvalue weighted by Crippen LogP contribution is -2.27. The number of para-hydroxylation sites is 3. The summed E-state index contributed by atoms with van der Waals surface area (Å²) in [6, 6.07) is 30.0. The minimum Gasteiger partial charge on any atom is -0.455 e. The Morgan fingerprint density at radius 2 is 1.45 bits per heavy atom. The minimum atomic E-state index is -0.206. The van der Waals surface area contributed by atoms with Crippen molar-refractivity contribution in [2.45, 2.75) is 6.42 Å². The Labute approximate surface area is 180 Å². The second-order valence-electron chi connectivity index (χ2n) is 6.99. The summed E-state index contributed by atoms with van der Waals surface area (Å²) in [4.78, 5) is 25.0. The fourth-order valence-electron chi connectivity index (χ4n) is 3.30. The van der Waals surface area contributed by atoms with Gasteiger partial charge < -0.3 is 15.4 Å². The minimum absolute atomic E-state index is 0.149. The highest BCUT2D eigenvalue weighted by atomic mass is 16.5. The van der Waals surface area contributed by atoms with Gasteiger partial charge in [0.25, 0.3) is 5.91 Å². The lowest BCUT2D eigenvalue weighted by atomic mass is 10.0. The van der Waals surface area contributed by atoms with Gasteiger partial charge in [-0.1, -0.05) is 66.7 Å². The average molecular weight is 410 g/mol. The van der Waals surface area contributed by atoms with Crippen LogP contribution in [-0.4, -0.2) is 18.4 Å². The summed E-state index contributed by atoms with van der Waals surface area (Å²) in [5.41, 5.74) is 1.18. The SMILES string of the molecule is O=C(CCNC(=O)c1cccc2ccccc12)Nc1ccccc1Oc1ccccc1. The van der Waals surface area contributed by atoms with Crippen LogP contribution in [0.25, 0.3) is 10.8 Å². The number of benzene rings is 4. The molecule has 31 heavy (non-hydrogen) atoms. The zero-order chi connectivity index (χ0) is 21.5. The van der Waals surface area contributed by atoms with E-state index in [9.17, 15) is 9.59 Å². The van der Waals surface area contributed by atoms with E-state index < -0.39 is 0 Å². The summed E-state index contributed by atoms with van der Waals surface area (Å²) in [5, 5.41) is 7.58. The van der Waals surface area contributed by atoms with Crippen molar-refractivity contribution < 1.29 is 14.3 Å². The third-order valence-corrected chi connectivity index (χ3v) is 4.80. The van der Waals surface area contributed by atoms with Crippen molar-refractivity contribution in [3.05, 3.63) is 103 Å². The van der Waals surface area contributed by atoms with Crippen LogP contribution in [0.1, 0.15) is 16.8 Å². The van der Waals surface area contributed by atoms with E-state index in [1.807, 2.05) is 78.9 Å². The van der Waals surface area contributed by atoms with E-state index in [-0.39, 0.29) is 24.8 Å². The Balaban J connectivity index is 1.34. The van der Waals surface area contributed by atoms with Crippen LogP contribution in [0.4, 0.5) is 5.69 Å². The highest BCUT2D eigenvalue weighted by Crippen LogP contribution is 2.29. The van der Waals surface area contributed by atoms with E-state index in [0.29, 0.717) is 22.7 Å². The zero-order valence-corrected chi connectivity index (χ0v) is 16.9. The Morgan fingerprint density at radius 3 is 2.32 bits per heavy atom. The van der Waals surface area contributed by atoms with E-state index in [0.717, 1.165) is 10.8 Å². The first kappa shape index (κ1) is 20.2. The number of anilines is 1. The zero-order valence-electron chi connectivity index (χ0n) is 16.9. The maximum Gasteiger partial charge on any atom is 0.251 e. The molecule has 0 saturated heterocycles. The third kappa shape index (κ3) is 5.08. The second-order valence-corrected chi connectivity index (χ2v) is 6.99. The summed E-state index contributed by atoms with van der Waals surface area (Å²) in [6.45, 7) is 0.232. The Kier molecular flexibility index (Phi) is 6.24. The van der Waals surface area contributed by atoms with Gasteiger partial charge in [-0.15, -0.1) is 0 Å². The first-order valence-electron chi connectivity index (χ1n) is 10.1. The van der Waals surface area contributed by atoms with Gasteiger partial charge in [0.15, 0.2) is 5.75 Å². The largest absolute Gasteiger partial charge is 0.455 e. The first-order valence-corrected chi connectivity index (χ1v) is 10.1. The van der Waals surface area contributed by atoms with Gasteiger partial charge in [0.05, 0.1) is 5.69 Å². The van der Waals surface area contributed by atoms with Crippen molar-refractivity contribution in [3.8, 4) is 11.5 Å². The molecular weight excluding hydrogens is 388 g/mol. The molecule has 5 heteroatoms. The highest BCUT2D eigenvalue weighted by Gasteiger charge is 2.11. The van der Waals surface area contributed by atoms with E-state index in [4.69, 9.17) is 4.74 Å². The van der Waals surface area contributed by atoms with Gasteiger partial charge in [-0.25, -0.2) is 0 Å². The van der Waals surface area contributed by atoms with Crippen molar-refractivity contribution >= 4 is 28.3 Å². The lowest BCUT2D eigenvalue weighted by molar-refractivity contribution is -0.116. The molecule has 0 saturated carbocycles. The van der Waals surface area contributed by atoms with Crippen molar-refractivity contribution in [2.75, 3.05) is 11.9 Å². The molecule has 0 spiro atoms. The van der Waals surface area contributed by atoms with Gasteiger partial charge >= 0.3 is 0 Å². The molecular formula is C26H22N2O3. The quantitative estimate of drug-likeness (QED) is 0.429. The van der Waals surface area contributed by atoms with E-state index in [2.05, 4.69) is 10.6 Å². The van der Waals surface area contributed by atoms with Crippen LogP contribution < -0.4 is 15.4 Å².